The Balaban J connectivity index is 2.55. The first-order valence-corrected chi connectivity index (χ1v) is 5.99. The van der Waals surface area contributed by atoms with Gasteiger partial charge in [-0.3, -0.25) is 0 Å². The quantitative estimate of drug-likeness (QED) is 0.759. The Labute approximate surface area is 108 Å². The summed E-state index contributed by atoms with van der Waals surface area (Å²) >= 11 is 4.86. The van der Waals surface area contributed by atoms with Gasteiger partial charge in [-0.2, -0.15) is 0 Å². The number of thiocarbonyl (C=S) groups is 1. The van der Waals surface area contributed by atoms with Gasteiger partial charge in [-0.05, 0) is 32.9 Å². The maximum Gasteiger partial charge on any atom is 0.126 e. The fourth-order valence-electron chi connectivity index (χ4n) is 1.39. The van der Waals surface area contributed by atoms with Gasteiger partial charge in [-0.15, -0.1) is 0 Å². The van der Waals surface area contributed by atoms with Crippen molar-refractivity contribution < 1.29 is 4.74 Å². The van der Waals surface area contributed by atoms with Crippen molar-refractivity contribution >= 4 is 23.0 Å². The summed E-state index contributed by atoms with van der Waals surface area (Å²) in [6.07, 6.45) is 1.67. The van der Waals surface area contributed by atoms with E-state index >= 15 is 0 Å². The number of nitrogens with two attached hydrogens (primary N) is 1. The van der Waals surface area contributed by atoms with E-state index in [2.05, 4.69) is 10.3 Å². The fourth-order valence-corrected chi connectivity index (χ4v) is 1.51. The Bertz CT molecular complexity index is 376. The van der Waals surface area contributed by atoms with Crippen LogP contribution in [0.25, 0.3) is 0 Å². The molecule has 0 saturated carbocycles. The first-order valence-electron chi connectivity index (χ1n) is 5.58. The molecule has 17 heavy (non-hydrogen) atoms. The van der Waals surface area contributed by atoms with Gasteiger partial charge in [0.15, 0.2) is 0 Å². The molecule has 0 aliphatic heterocycles. The third kappa shape index (κ3) is 4.66. The van der Waals surface area contributed by atoms with E-state index in [9.17, 15) is 0 Å². The first-order chi connectivity index (χ1) is 7.94. The highest BCUT2D eigenvalue weighted by molar-refractivity contribution is 7.80. The number of anilines is 1. The molecule has 0 aromatic carbocycles. The standard InChI is InChI=1S/C12H19N3OS/c1-4-16-12(2,3)8-15-10-6-5-9(7-14-10)11(13)17/h5-7H,4,8H2,1-3H3,(H2,13,17)(H,14,15). The summed E-state index contributed by atoms with van der Waals surface area (Å²) in [5.41, 5.74) is 6.06. The molecular formula is C12H19N3OS. The second-order valence-corrected chi connectivity index (χ2v) is 4.78. The van der Waals surface area contributed by atoms with Gasteiger partial charge in [0.25, 0.3) is 0 Å². The topological polar surface area (TPSA) is 60.2 Å². The van der Waals surface area contributed by atoms with E-state index in [1.54, 1.807) is 6.20 Å². The molecule has 1 heterocycles. The largest absolute Gasteiger partial charge is 0.389 e. The highest BCUT2D eigenvalue weighted by Gasteiger charge is 2.17. The van der Waals surface area contributed by atoms with Crippen LogP contribution in [0.2, 0.25) is 0 Å². The molecule has 94 valence electrons. The fraction of sp³-hybridized carbons (Fsp3) is 0.500. The van der Waals surface area contributed by atoms with Crippen LogP contribution >= 0.6 is 12.2 Å². The van der Waals surface area contributed by atoms with Crippen LogP contribution in [0.15, 0.2) is 18.3 Å². The normalized spacial score (nSPS) is 11.2. The van der Waals surface area contributed by atoms with Crippen molar-refractivity contribution in [3.8, 4) is 0 Å². The summed E-state index contributed by atoms with van der Waals surface area (Å²) in [5, 5.41) is 3.22. The Morgan fingerprint density at radius 1 is 1.53 bits per heavy atom. The zero-order chi connectivity index (χ0) is 12.9. The molecule has 1 aromatic rings. The van der Waals surface area contributed by atoms with Gasteiger partial charge in [-0.25, -0.2) is 4.98 Å². The predicted molar refractivity (Wildman–Crippen MR) is 74.3 cm³/mol. The maximum absolute atomic E-state index is 5.58. The summed E-state index contributed by atoms with van der Waals surface area (Å²) in [5.74, 6) is 0.790. The Morgan fingerprint density at radius 2 is 2.24 bits per heavy atom. The molecule has 1 rings (SSSR count). The lowest BCUT2D eigenvalue weighted by Gasteiger charge is -2.25. The van der Waals surface area contributed by atoms with Crippen LogP contribution in [0.5, 0.6) is 0 Å². The number of aromatic nitrogens is 1. The van der Waals surface area contributed by atoms with Crippen molar-refractivity contribution in [2.75, 3.05) is 18.5 Å². The van der Waals surface area contributed by atoms with Crippen LogP contribution in [-0.2, 0) is 4.74 Å². The molecule has 0 bridgehead atoms. The van der Waals surface area contributed by atoms with Gasteiger partial charge in [0.2, 0.25) is 0 Å². The van der Waals surface area contributed by atoms with E-state index in [0.717, 1.165) is 11.4 Å². The van der Waals surface area contributed by atoms with Crippen molar-refractivity contribution in [1.82, 2.24) is 4.98 Å². The first kappa shape index (κ1) is 13.9. The SMILES string of the molecule is CCOC(C)(C)CNc1ccc(C(N)=S)cn1. The third-order valence-electron chi connectivity index (χ3n) is 2.28. The van der Waals surface area contributed by atoms with E-state index in [1.165, 1.54) is 0 Å². The van der Waals surface area contributed by atoms with E-state index in [1.807, 2.05) is 32.9 Å². The Kier molecular flexibility index (Phi) is 4.84. The summed E-state index contributed by atoms with van der Waals surface area (Å²) in [7, 11) is 0. The molecule has 0 unspecified atom stereocenters. The number of rotatable bonds is 6. The van der Waals surface area contributed by atoms with Gasteiger partial charge in [0, 0.05) is 24.9 Å². The molecule has 0 aliphatic carbocycles. The van der Waals surface area contributed by atoms with Gasteiger partial charge >= 0.3 is 0 Å². The monoisotopic (exact) mass is 253 g/mol. The van der Waals surface area contributed by atoms with Gasteiger partial charge in [0.1, 0.15) is 10.8 Å². The lowest BCUT2D eigenvalue weighted by Crippen LogP contribution is -2.33. The molecule has 0 fully saturated rings. The van der Waals surface area contributed by atoms with E-state index < -0.39 is 0 Å². The van der Waals surface area contributed by atoms with Crippen molar-refractivity contribution in [1.29, 1.82) is 0 Å². The van der Waals surface area contributed by atoms with Crippen LogP contribution < -0.4 is 11.1 Å². The minimum absolute atomic E-state index is 0.210. The maximum atomic E-state index is 5.58. The van der Waals surface area contributed by atoms with Gasteiger partial charge in [-0.1, -0.05) is 12.2 Å². The lowest BCUT2D eigenvalue weighted by atomic mass is 10.1. The minimum atomic E-state index is -0.210. The van der Waals surface area contributed by atoms with Crippen LogP contribution in [0, 0.1) is 0 Å². The predicted octanol–water partition coefficient (Wildman–Crippen LogP) is 1.94. The highest BCUT2D eigenvalue weighted by atomic mass is 32.1. The molecule has 0 radical (unpaired) electrons. The van der Waals surface area contributed by atoms with Crippen LogP contribution in [0.3, 0.4) is 0 Å². The molecule has 0 aliphatic rings. The van der Waals surface area contributed by atoms with E-state index in [0.29, 0.717) is 18.1 Å². The molecule has 4 nitrogen and oxygen atoms in total. The average Bonchev–Trinajstić information content (AvgIpc) is 2.27. The molecule has 5 heteroatoms. The number of hydrogen-bond donors (Lipinski definition) is 2. The minimum Gasteiger partial charge on any atom is -0.389 e. The van der Waals surface area contributed by atoms with Gasteiger partial charge < -0.3 is 15.8 Å². The zero-order valence-electron chi connectivity index (χ0n) is 10.5. The van der Waals surface area contributed by atoms with E-state index in [4.69, 9.17) is 22.7 Å². The number of ether oxygens (including phenoxy) is 1. The van der Waals surface area contributed by atoms with Crippen molar-refractivity contribution in [3.05, 3.63) is 23.9 Å². The smallest absolute Gasteiger partial charge is 0.126 e. The molecular weight excluding hydrogens is 234 g/mol. The summed E-state index contributed by atoms with van der Waals surface area (Å²) in [6, 6.07) is 3.71. The molecule has 0 spiro atoms. The number of pyridine rings is 1. The molecule has 1 aromatic heterocycles. The van der Waals surface area contributed by atoms with Crippen LogP contribution in [-0.4, -0.2) is 28.7 Å². The molecule has 0 atom stereocenters. The Morgan fingerprint density at radius 3 is 2.71 bits per heavy atom. The van der Waals surface area contributed by atoms with Crippen molar-refractivity contribution in [2.45, 2.75) is 26.4 Å². The third-order valence-corrected chi connectivity index (χ3v) is 2.51. The highest BCUT2D eigenvalue weighted by Crippen LogP contribution is 2.11. The summed E-state index contributed by atoms with van der Waals surface area (Å²) in [4.78, 5) is 4.59. The zero-order valence-corrected chi connectivity index (χ0v) is 11.3. The Hall–Kier alpha value is -1.20. The second-order valence-electron chi connectivity index (χ2n) is 4.34. The second kappa shape index (κ2) is 5.93. The lowest BCUT2D eigenvalue weighted by molar-refractivity contribution is 0.000643. The van der Waals surface area contributed by atoms with Gasteiger partial charge in [0.05, 0.1) is 5.60 Å². The molecule has 0 saturated heterocycles. The molecule has 0 amide bonds. The van der Waals surface area contributed by atoms with Crippen LogP contribution in [0.1, 0.15) is 26.3 Å². The summed E-state index contributed by atoms with van der Waals surface area (Å²) in [6.45, 7) is 7.44. The summed E-state index contributed by atoms with van der Waals surface area (Å²) < 4.78 is 5.58. The molecule has 3 N–H and O–H groups in total. The van der Waals surface area contributed by atoms with Crippen molar-refractivity contribution in [2.24, 2.45) is 5.73 Å². The number of nitrogens with one attached hydrogen (secondary N) is 1. The van der Waals surface area contributed by atoms with Crippen molar-refractivity contribution in [3.63, 3.8) is 0 Å². The number of hydrogen-bond acceptors (Lipinski definition) is 4. The van der Waals surface area contributed by atoms with Crippen LogP contribution in [0.4, 0.5) is 5.82 Å². The number of nitrogens with zero attached hydrogens (tertiary/aromatic N) is 1. The van der Waals surface area contributed by atoms with E-state index in [-0.39, 0.29) is 5.60 Å². The average molecular weight is 253 g/mol.